The summed E-state index contributed by atoms with van der Waals surface area (Å²) in [7, 11) is 0. The van der Waals surface area contributed by atoms with Crippen LogP contribution in [0, 0.1) is 10.5 Å². The summed E-state index contributed by atoms with van der Waals surface area (Å²) in [5.74, 6) is -0.319. The fourth-order valence-corrected chi connectivity index (χ4v) is 3.61. The fraction of sp³-hybridized carbons (Fsp3) is 0.118. The molecule has 3 rings (SSSR count). The van der Waals surface area contributed by atoms with Gasteiger partial charge in [-0.3, -0.25) is 14.2 Å². The molecule has 128 valence electrons. The van der Waals surface area contributed by atoms with Gasteiger partial charge < -0.3 is 5.32 Å². The van der Waals surface area contributed by atoms with Gasteiger partial charge >= 0.3 is 0 Å². The highest BCUT2D eigenvalue weighted by molar-refractivity contribution is 14.1. The predicted octanol–water partition coefficient (Wildman–Crippen LogP) is 4.26. The molecule has 0 aliphatic rings. The van der Waals surface area contributed by atoms with E-state index in [-0.39, 0.29) is 23.4 Å². The number of rotatable bonds is 3. The number of benzene rings is 2. The number of carbonyl (C=O) groups excluding carboxylic acids is 1. The molecule has 1 amide bonds. The summed E-state index contributed by atoms with van der Waals surface area (Å²) in [5.41, 5.74) is 1.64. The van der Waals surface area contributed by atoms with Gasteiger partial charge in [0, 0.05) is 14.3 Å². The molecule has 1 heterocycles. The second-order valence-corrected chi connectivity index (χ2v) is 7.56. The van der Waals surface area contributed by atoms with Gasteiger partial charge in [0.25, 0.3) is 5.56 Å². The summed E-state index contributed by atoms with van der Waals surface area (Å²) in [5, 5.41) is 3.72. The number of halogens is 3. The van der Waals surface area contributed by atoms with E-state index in [0.29, 0.717) is 21.2 Å². The lowest BCUT2D eigenvalue weighted by Gasteiger charge is -2.10. The fourth-order valence-electron chi connectivity index (χ4n) is 2.42. The summed E-state index contributed by atoms with van der Waals surface area (Å²) in [6.07, 6.45) is 1.31. The smallest absolute Gasteiger partial charge is 0.261 e. The van der Waals surface area contributed by atoms with Gasteiger partial charge in [0.05, 0.1) is 22.3 Å². The van der Waals surface area contributed by atoms with Crippen LogP contribution in [0.1, 0.15) is 5.56 Å². The maximum absolute atomic E-state index is 12.6. The molecule has 0 atom stereocenters. The second kappa shape index (κ2) is 7.31. The Morgan fingerprint density at radius 1 is 1.28 bits per heavy atom. The lowest BCUT2D eigenvalue weighted by Crippen LogP contribution is -2.28. The van der Waals surface area contributed by atoms with E-state index in [9.17, 15) is 9.59 Å². The highest BCUT2D eigenvalue weighted by atomic mass is 127. The molecule has 0 aliphatic heterocycles. The van der Waals surface area contributed by atoms with Crippen molar-refractivity contribution >= 4 is 68.3 Å². The van der Waals surface area contributed by atoms with Crippen LogP contribution in [0.25, 0.3) is 10.9 Å². The molecule has 25 heavy (non-hydrogen) atoms. The van der Waals surface area contributed by atoms with E-state index in [1.807, 2.05) is 25.1 Å². The number of hydrogen-bond donors (Lipinski definition) is 1. The number of aryl methyl sites for hydroxylation is 1. The standard InChI is InChI=1S/C17H12Cl2IN3O2/c1-9-4-11(20)2-3-14(9)22-15(24)7-23-8-21-16-12(17(23)25)5-10(18)6-13(16)19/h2-6,8H,7H2,1H3,(H,22,24). The third-order valence-electron chi connectivity index (χ3n) is 3.62. The van der Waals surface area contributed by atoms with Crippen LogP contribution in [0.3, 0.4) is 0 Å². The molecule has 1 N–H and O–H groups in total. The van der Waals surface area contributed by atoms with Gasteiger partial charge in [-0.2, -0.15) is 0 Å². The Balaban J connectivity index is 1.89. The Labute approximate surface area is 167 Å². The van der Waals surface area contributed by atoms with E-state index in [1.165, 1.54) is 23.0 Å². The highest BCUT2D eigenvalue weighted by Crippen LogP contribution is 2.24. The third kappa shape index (κ3) is 3.96. The molecule has 1 aromatic heterocycles. The maximum Gasteiger partial charge on any atom is 0.261 e. The largest absolute Gasteiger partial charge is 0.324 e. The maximum atomic E-state index is 12.6. The van der Waals surface area contributed by atoms with Crippen molar-refractivity contribution in [3.63, 3.8) is 0 Å². The van der Waals surface area contributed by atoms with Gasteiger partial charge in [0.15, 0.2) is 0 Å². The SMILES string of the molecule is Cc1cc(I)ccc1NC(=O)Cn1cnc2c(Cl)cc(Cl)cc2c1=O. The van der Waals surface area contributed by atoms with Crippen LogP contribution < -0.4 is 10.9 Å². The van der Waals surface area contributed by atoms with Crippen molar-refractivity contribution in [3.05, 3.63) is 66.2 Å². The van der Waals surface area contributed by atoms with Crippen molar-refractivity contribution in [3.8, 4) is 0 Å². The monoisotopic (exact) mass is 487 g/mol. The van der Waals surface area contributed by atoms with Crippen LogP contribution >= 0.6 is 45.8 Å². The van der Waals surface area contributed by atoms with E-state index in [2.05, 4.69) is 32.9 Å². The minimum atomic E-state index is -0.371. The van der Waals surface area contributed by atoms with Crippen LogP contribution in [0.4, 0.5) is 5.69 Å². The van der Waals surface area contributed by atoms with Crippen LogP contribution in [0.15, 0.2) is 41.5 Å². The molecule has 2 aromatic carbocycles. The van der Waals surface area contributed by atoms with Crippen molar-refractivity contribution in [2.45, 2.75) is 13.5 Å². The Morgan fingerprint density at radius 2 is 2.04 bits per heavy atom. The van der Waals surface area contributed by atoms with Crippen LogP contribution in [-0.4, -0.2) is 15.5 Å². The Bertz CT molecular complexity index is 1050. The molecular formula is C17H12Cl2IN3O2. The van der Waals surface area contributed by atoms with Gasteiger partial charge in [0.1, 0.15) is 6.54 Å². The van der Waals surface area contributed by atoms with E-state index < -0.39 is 0 Å². The zero-order valence-corrected chi connectivity index (χ0v) is 16.7. The first-order valence-electron chi connectivity index (χ1n) is 7.25. The molecule has 5 nitrogen and oxygen atoms in total. The summed E-state index contributed by atoms with van der Waals surface area (Å²) in [4.78, 5) is 29.0. The van der Waals surface area contributed by atoms with E-state index >= 15 is 0 Å². The number of nitrogens with one attached hydrogen (secondary N) is 1. The van der Waals surface area contributed by atoms with Gasteiger partial charge in [-0.25, -0.2) is 4.98 Å². The van der Waals surface area contributed by atoms with Crippen molar-refractivity contribution in [1.82, 2.24) is 9.55 Å². The minimum absolute atomic E-state index is 0.155. The molecule has 0 fully saturated rings. The van der Waals surface area contributed by atoms with E-state index in [1.54, 1.807) is 0 Å². The normalized spacial score (nSPS) is 10.9. The summed E-state index contributed by atoms with van der Waals surface area (Å²) >= 11 is 14.2. The van der Waals surface area contributed by atoms with Crippen LogP contribution in [-0.2, 0) is 11.3 Å². The number of hydrogen-bond acceptors (Lipinski definition) is 3. The van der Waals surface area contributed by atoms with Gasteiger partial charge in [-0.1, -0.05) is 23.2 Å². The molecule has 0 saturated carbocycles. The van der Waals surface area contributed by atoms with Crippen molar-refractivity contribution in [1.29, 1.82) is 0 Å². The predicted molar refractivity (Wildman–Crippen MR) is 109 cm³/mol. The van der Waals surface area contributed by atoms with Crippen molar-refractivity contribution in [2.24, 2.45) is 0 Å². The topological polar surface area (TPSA) is 64.0 Å². The first kappa shape index (κ1) is 18.2. The summed E-state index contributed by atoms with van der Waals surface area (Å²) in [6.45, 7) is 1.75. The quantitative estimate of drug-likeness (QED) is 0.561. The lowest BCUT2D eigenvalue weighted by atomic mass is 10.2. The van der Waals surface area contributed by atoms with Gasteiger partial charge in [-0.05, 0) is 65.4 Å². The Hall–Kier alpha value is -1.64. The van der Waals surface area contributed by atoms with Crippen LogP contribution in [0.2, 0.25) is 10.0 Å². The lowest BCUT2D eigenvalue weighted by molar-refractivity contribution is -0.116. The molecular weight excluding hydrogens is 476 g/mol. The number of anilines is 1. The molecule has 0 spiro atoms. The molecule has 8 heteroatoms. The Morgan fingerprint density at radius 3 is 2.76 bits per heavy atom. The molecule has 0 aliphatic carbocycles. The zero-order valence-electron chi connectivity index (χ0n) is 13.0. The number of fused-ring (bicyclic) bond motifs is 1. The average Bonchev–Trinajstić information content (AvgIpc) is 2.53. The van der Waals surface area contributed by atoms with E-state index in [4.69, 9.17) is 23.2 Å². The summed E-state index contributed by atoms with van der Waals surface area (Å²) in [6, 6.07) is 8.71. The molecule has 0 unspecified atom stereocenters. The molecule has 3 aromatic rings. The van der Waals surface area contributed by atoms with Gasteiger partial charge in [-0.15, -0.1) is 0 Å². The second-order valence-electron chi connectivity index (χ2n) is 5.47. The van der Waals surface area contributed by atoms with Crippen molar-refractivity contribution < 1.29 is 4.79 Å². The molecule has 0 saturated heterocycles. The van der Waals surface area contributed by atoms with Crippen LogP contribution in [0.5, 0.6) is 0 Å². The molecule has 0 bridgehead atoms. The minimum Gasteiger partial charge on any atom is -0.324 e. The average molecular weight is 488 g/mol. The number of aromatic nitrogens is 2. The number of nitrogens with zero attached hydrogens (tertiary/aromatic N) is 2. The number of amides is 1. The molecule has 0 radical (unpaired) electrons. The number of carbonyl (C=O) groups is 1. The Kier molecular flexibility index (Phi) is 5.31. The van der Waals surface area contributed by atoms with Gasteiger partial charge in [0.2, 0.25) is 5.91 Å². The first-order valence-corrected chi connectivity index (χ1v) is 9.09. The van der Waals surface area contributed by atoms with E-state index in [0.717, 1.165) is 9.13 Å². The summed E-state index contributed by atoms with van der Waals surface area (Å²) < 4.78 is 2.31. The zero-order chi connectivity index (χ0) is 18.1. The first-order chi connectivity index (χ1) is 11.8. The third-order valence-corrected chi connectivity index (χ3v) is 4.80. The highest BCUT2D eigenvalue weighted by Gasteiger charge is 2.12. The van der Waals surface area contributed by atoms with Crippen molar-refractivity contribution in [2.75, 3.05) is 5.32 Å².